The number of nitrogens with zero attached hydrogens (tertiary/aromatic N) is 3. The molecule has 0 bridgehead atoms. The maximum atomic E-state index is 12.4. The van der Waals surface area contributed by atoms with Crippen LogP contribution in [0.4, 0.5) is 17.1 Å². The fourth-order valence-electron chi connectivity index (χ4n) is 3.78. The van der Waals surface area contributed by atoms with Gasteiger partial charge in [0, 0.05) is 35.1 Å². The predicted molar refractivity (Wildman–Crippen MR) is 138 cm³/mol. The van der Waals surface area contributed by atoms with Crippen LogP contribution >= 0.6 is 0 Å². The van der Waals surface area contributed by atoms with Crippen molar-refractivity contribution in [3.8, 4) is 0 Å². The summed E-state index contributed by atoms with van der Waals surface area (Å²) in [6, 6.07) is 19.2. The molecule has 180 valence electrons. The third kappa shape index (κ3) is 5.82. The average molecular weight is 493 g/mol. The van der Waals surface area contributed by atoms with E-state index < -0.39 is 14.8 Å². The summed E-state index contributed by atoms with van der Waals surface area (Å²) in [5.41, 5.74) is 13.9. The first-order chi connectivity index (χ1) is 16.7. The Bertz CT molecular complexity index is 1530. The second-order valence-electron chi connectivity index (χ2n) is 8.04. The molecule has 0 atom stereocenters. The first-order valence-electron chi connectivity index (χ1n) is 10.8. The average Bonchev–Trinajstić information content (AvgIpc) is 2.82. The van der Waals surface area contributed by atoms with Gasteiger partial charge < -0.3 is 16.8 Å². The minimum absolute atomic E-state index is 0.00902. The Hall–Kier alpha value is -4.25. The van der Waals surface area contributed by atoms with E-state index in [1.54, 1.807) is 30.3 Å². The lowest BCUT2D eigenvalue weighted by Gasteiger charge is -2.14. The lowest BCUT2D eigenvalue weighted by atomic mass is 10.1. The fourth-order valence-corrected chi connectivity index (χ4v) is 5.19. The summed E-state index contributed by atoms with van der Waals surface area (Å²) in [5.74, 6) is -0.149. The molecule has 0 aliphatic carbocycles. The van der Waals surface area contributed by atoms with E-state index in [9.17, 15) is 18.5 Å². The zero-order valence-electron chi connectivity index (χ0n) is 18.7. The number of non-ortho nitro benzene ring substituents is 1. The molecule has 35 heavy (non-hydrogen) atoms. The molecule has 1 aromatic heterocycles. The number of aliphatic imine (C=N–C) groups is 1. The lowest BCUT2D eigenvalue weighted by molar-refractivity contribution is -0.384. The number of fused-ring (bicyclic) bond motifs is 2. The summed E-state index contributed by atoms with van der Waals surface area (Å²) in [7, 11) is -3.31. The maximum Gasteiger partial charge on any atom is 0.271 e. The second kappa shape index (κ2) is 9.94. The fraction of sp³-hybridized carbons (Fsp3) is 0.167. The number of para-hydroxylation sites is 1. The number of rotatable bonds is 9. The number of benzene rings is 3. The highest BCUT2D eigenvalue weighted by Crippen LogP contribution is 2.34. The molecule has 4 rings (SSSR count). The first-order valence-corrected chi connectivity index (χ1v) is 12.6. The highest BCUT2D eigenvalue weighted by molar-refractivity contribution is 7.90. The zero-order valence-corrected chi connectivity index (χ0v) is 19.5. The van der Waals surface area contributed by atoms with Gasteiger partial charge in [-0.25, -0.2) is 13.4 Å². The Morgan fingerprint density at radius 3 is 2.43 bits per heavy atom. The van der Waals surface area contributed by atoms with E-state index in [0.717, 1.165) is 22.1 Å². The van der Waals surface area contributed by atoms with E-state index in [-0.39, 0.29) is 29.7 Å². The van der Waals surface area contributed by atoms with Crippen molar-refractivity contribution in [2.45, 2.75) is 12.2 Å². The van der Waals surface area contributed by atoms with Crippen molar-refractivity contribution in [3.63, 3.8) is 0 Å². The van der Waals surface area contributed by atoms with Gasteiger partial charge in [0.05, 0.1) is 33.1 Å². The molecule has 11 heteroatoms. The normalized spacial score (nSPS) is 11.4. The van der Waals surface area contributed by atoms with E-state index >= 15 is 0 Å². The van der Waals surface area contributed by atoms with Gasteiger partial charge in [-0.05, 0) is 36.2 Å². The number of nitrogens with two attached hydrogens (primary N) is 2. The van der Waals surface area contributed by atoms with Gasteiger partial charge in [-0.2, -0.15) is 0 Å². The van der Waals surface area contributed by atoms with Crippen molar-refractivity contribution in [2.75, 3.05) is 17.6 Å². The maximum absolute atomic E-state index is 12.4. The summed E-state index contributed by atoms with van der Waals surface area (Å²) in [5, 5.41) is 16.2. The quantitative estimate of drug-likeness (QED) is 0.0795. The molecule has 3 aromatic carbocycles. The van der Waals surface area contributed by atoms with Gasteiger partial charge in [0.1, 0.15) is 0 Å². The Labute approximate surface area is 201 Å². The molecule has 0 amide bonds. The van der Waals surface area contributed by atoms with Crippen molar-refractivity contribution >= 4 is 54.7 Å². The molecule has 0 fully saturated rings. The topological polar surface area (TPSA) is 167 Å². The van der Waals surface area contributed by atoms with E-state index in [1.165, 1.54) is 12.1 Å². The summed E-state index contributed by atoms with van der Waals surface area (Å²) in [6.07, 6.45) is 0.347. The van der Waals surface area contributed by atoms with Crippen molar-refractivity contribution in [3.05, 3.63) is 82.4 Å². The highest BCUT2D eigenvalue weighted by Gasteiger charge is 2.15. The smallest absolute Gasteiger partial charge is 0.271 e. The van der Waals surface area contributed by atoms with Crippen LogP contribution in [0.1, 0.15) is 12.0 Å². The number of nitro benzene ring substituents is 1. The van der Waals surface area contributed by atoms with Gasteiger partial charge in [0.15, 0.2) is 15.8 Å². The molecular weight excluding hydrogens is 468 g/mol. The van der Waals surface area contributed by atoms with Crippen LogP contribution in [0.5, 0.6) is 0 Å². The zero-order chi connectivity index (χ0) is 25.0. The number of guanidine groups is 1. The summed E-state index contributed by atoms with van der Waals surface area (Å²) in [4.78, 5) is 19.2. The van der Waals surface area contributed by atoms with Crippen LogP contribution in [0.3, 0.4) is 0 Å². The van der Waals surface area contributed by atoms with Crippen LogP contribution in [0, 0.1) is 10.1 Å². The molecule has 1 heterocycles. The van der Waals surface area contributed by atoms with E-state index in [4.69, 9.17) is 11.5 Å². The minimum atomic E-state index is -3.31. The van der Waals surface area contributed by atoms with Gasteiger partial charge in [-0.3, -0.25) is 15.1 Å². The summed E-state index contributed by atoms with van der Waals surface area (Å²) in [6.45, 7) is 0.265. The molecule has 4 aromatic rings. The van der Waals surface area contributed by atoms with E-state index in [1.807, 2.05) is 24.3 Å². The van der Waals surface area contributed by atoms with E-state index in [0.29, 0.717) is 23.0 Å². The number of nitrogens with one attached hydrogen (secondary N) is 1. The number of hydrogen-bond acceptors (Lipinski definition) is 7. The Morgan fingerprint density at radius 2 is 1.71 bits per heavy atom. The summed E-state index contributed by atoms with van der Waals surface area (Å²) < 4.78 is 24.8. The van der Waals surface area contributed by atoms with Crippen LogP contribution in [-0.4, -0.2) is 36.6 Å². The SMILES string of the molecule is NC(N)=NCCCS(=O)(=O)Cc1ccc(Nc2c3ccccc3nc3cc([N+](=O)[O-])ccc23)cc1. The molecule has 0 saturated heterocycles. The van der Waals surface area contributed by atoms with Crippen LogP contribution in [-0.2, 0) is 15.6 Å². The first kappa shape index (κ1) is 23.9. The Morgan fingerprint density at radius 1 is 1.00 bits per heavy atom. The predicted octanol–water partition coefficient (Wildman–Crippen LogP) is 3.62. The van der Waals surface area contributed by atoms with Crippen molar-refractivity contribution < 1.29 is 13.3 Å². The highest BCUT2D eigenvalue weighted by atomic mass is 32.2. The molecule has 0 saturated carbocycles. The molecule has 0 spiro atoms. The minimum Gasteiger partial charge on any atom is -0.370 e. The van der Waals surface area contributed by atoms with Gasteiger partial charge in [0.2, 0.25) is 0 Å². The third-order valence-electron chi connectivity index (χ3n) is 5.39. The van der Waals surface area contributed by atoms with Gasteiger partial charge in [-0.15, -0.1) is 0 Å². The van der Waals surface area contributed by atoms with Crippen LogP contribution in [0.2, 0.25) is 0 Å². The van der Waals surface area contributed by atoms with Crippen LogP contribution < -0.4 is 16.8 Å². The Kier molecular flexibility index (Phi) is 6.78. The Balaban J connectivity index is 1.58. The molecular formula is C24H24N6O4S. The molecule has 0 aliphatic heterocycles. The number of hydrogen-bond donors (Lipinski definition) is 3. The molecule has 10 nitrogen and oxygen atoms in total. The standard InChI is InChI=1S/C24H24N6O4S/c25-24(26)27-12-3-13-35(33,34)15-16-6-8-17(9-7-16)28-23-19-4-1-2-5-21(19)29-22-14-18(30(31)32)10-11-20(22)23/h1-2,4-11,14H,3,12-13,15H2,(H,28,29)(H4,25,26,27). The number of pyridine rings is 1. The summed E-state index contributed by atoms with van der Waals surface area (Å²) >= 11 is 0. The molecule has 0 unspecified atom stereocenters. The van der Waals surface area contributed by atoms with Crippen molar-refractivity contribution in [1.29, 1.82) is 0 Å². The number of nitro groups is 1. The molecule has 5 N–H and O–H groups in total. The van der Waals surface area contributed by atoms with Gasteiger partial charge in [-0.1, -0.05) is 30.3 Å². The van der Waals surface area contributed by atoms with Gasteiger partial charge in [0.25, 0.3) is 5.69 Å². The number of sulfone groups is 1. The molecule has 0 radical (unpaired) electrons. The largest absolute Gasteiger partial charge is 0.370 e. The third-order valence-corrected chi connectivity index (χ3v) is 7.08. The monoisotopic (exact) mass is 492 g/mol. The van der Waals surface area contributed by atoms with Crippen molar-refractivity contribution in [1.82, 2.24) is 4.98 Å². The van der Waals surface area contributed by atoms with E-state index in [2.05, 4.69) is 15.3 Å². The van der Waals surface area contributed by atoms with Crippen LogP contribution in [0.15, 0.2) is 71.7 Å². The van der Waals surface area contributed by atoms with Crippen molar-refractivity contribution in [2.24, 2.45) is 16.5 Å². The lowest BCUT2D eigenvalue weighted by Crippen LogP contribution is -2.23. The van der Waals surface area contributed by atoms with Crippen LogP contribution in [0.25, 0.3) is 21.8 Å². The number of aromatic nitrogens is 1. The van der Waals surface area contributed by atoms with Gasteiger partial charge >= 0.3 is 0 Å². The second-order valence-corrected chi connectivity index (χ2v) is 10.2. The molecule has 0 aliphatic rings. The number of anilines is 2.